The number of benzene rings is 1. The highest BCUT2D eigenvalue weighted by atomic mass is 79.9. The predicted molar refractivity (Wildman–Crippen MR) is 61.6 cm³/mol. The minimum absolute atomic E-state index is 0.286. The lowest BCUT2D eigenvalue weighted by atomic mass is 10.0. The molecule has 0 atom stereocenters. The topological polar surface area (TPSA) is 20.2 Å². The van der Waals surface area contributed by atoms with Crippen molar-refractivity contribution in [3.05, 3.63) is 33.3 Å². The Morgan fingerprint density at radius 3 is 2.93 bits per heavy atom. The standard InChI is InChI=1S/C12H15BrO/c13-12-8-9(3-2-6-14)7-10-4-1-5-11(10)12/h7-8,14H,1-6H2. The molecule has 0 aliphatic heterocycles. The number of fused-ring (bicyclic) bond motifs is 1. The van der Waals surface area contributed by atoms with Gasteiger partial charge in [0.1, 0.15) is 0 Å². The summed E-state index contributed by atoms with van der Waals surface area (Å²) < 4.78 is 1.26. The van der Waals surface area contributed by atoms with Crippen LogP contribution in [-0.4, -0.2) is 11.7 Å². The van der Waals surface area contributed by atoms with Gasteiger partial charge in [-0.3, -0.25) is 0 Å². The molecule has 0 bridgehead atoms. The lowest BCUT2D eigenvalue weighted by molar-refractivity contribution is 0.288. The van der Waals surface area contributed by atoms with Crippen molar-refractivity contribution in [2.24, 2.45) is 0 Å². The van der Waals surface area contributed by atoms with E-state index in [4.69, 9.17) is 5.11 Å². The van der Waals surface area contributed by atoms with E-state index in [1.807, 2.05) is 0 Å². The Bertz CT molecular complexity index is 333. The third-order valence-electron chi connectivity index (χ3n) is 2.84. The van der Waals surface area contributed by atoms with Crippen molar-refractivity contribution in [3.63, 3.8) is 0 Å². The highest BCUT2D eigenvalue weighted by Gasteiger charge is 2.14. The maximum absolute atomic E-state index is 8.78. The molecule has 0 spiro atoms. The average Bonchev–Trinajstić information content (AvgIpc) is 2.63. The van der Waals surface area contributed by atoms with Gasteiger partial charge >= 0.3 is 0 Å². The highest BCUT2D eigenvalue weighted by Crippen LogP contribution is 2.30. The molecular weight excluding hydrogens is 240 g/mol. The number of aryl methyl sites for hydroxylation is 2. The summed E-state index contributed by atoms with van der Waals surface area (Å²) in [6, 6.07) is 4.52. The van der Waals surface area contributed by atoms with E-state index in [0.717, 1.165) is 12.8 Å². The third-order valence-corrected chi connectivity index (χ3v) is 3.55. The highest BCUT2D eigenvalue weighted by molar-refractivity contribution is 9.10. The Morgan fingerprint density at radius 1 is 1.29 bits per heavy atom. The fourth-order valence-electron chi connectivity index (χ4n) is 2.14. The molecule has 1 aromatic carbocycles. The third kappa shape index (κ3) is 2.01. The quantitative estimate of drug-likeness (QED) is 0.880. The fourth-order valence-corrected chi connectivity index (χ4v) is 2.89. The van der Waals surface area contributed by atoms with Crippen LogP contribution in [0.1, 0.15) is 29.5 Å². The minimum Gasteiger partial charge on any atom is -0.396 e. The Hall–Kier alpha value is -0.340. The van der Waals surface area contributed by atoms with Crippen LogP contribution in [0.25, 0.3) is 0 Å². The van der Waals surface area contributed by atoms with Gasteiger partial charge in [-0.25, -0.2) is 0 Å². The Kier molecular flexibility index (Phi) is 3.24. The van der Waals surface area contributed by atoms with E-state index in [1.54, 1.807) is 0 Å². The normalized spacial score (nSPS) is 14.4. The molecule has 0 aromatic heterocycles. The summed E-state index contributed by atoms with van der Waals surface area (Å²) in [6.45, 7) is 0.286. The summed E-state index contributed by atoms with van der Waals surface area (Å²) in [7, 11) is 0. The lowest BCUT2D eigenvalue weighted by Crippen LogP contribution is -1.93. The van der Waals surface area contributed by atoms with E-state index in [2.05, 4.69) is 28.1 Å². The molecule has 0 saturated carbocycles. The Balaban J connectivity index is 2.23. The van der Waals surface area contributed by atoms with Crippen molar-refractivity contribution in [1.82, 2.24) is 0 Å². The molecule has 1 aromatic rings. The zero-order valence-electron chi connectivity index (χ0n) is 8.22. The molecule has 0 unspecified atom stereocenters. The van der Waals surface area contributed by atoms with Crippen LogP contribution < -0.4 is 0 Å². The first-order valence-electron chi connectivity index (χ1n) is 5.22. The lowest BCUT2D eigenvalue weighted by Gasteiger charge is -2.06. The smallest absolute Gasteiger partial charge is 0.0434 e. The van der Waals surface area contributed by atoms with Gasteiger partial charge in [0.15, 0.2) is 0 Å². The van der Waals surface area contributed by atoms with Crippen molar-refractivity contribution in [3.8, 4) is 0 Å². The van der Waals surface area contributed by atoms with Crippen LogP contribution in [0.5, 0.6) is 0 Å². The van der Waals surface area contributed by atoms with E-state index >= 15 is 0 Å². The first kappa shape index (κ1) is 10.2. The summed E-state index contributed by atoms with van der Waals surface area (Å²) in [5.74, 6) is 0. The molecule has 2 heteroatoms. The molecule has 2 rings (SSSR count). The second kappa shape index (κ2) is 4.45. The molecule has 0 fully saturated rings. The molecule has 14 heavy (non-hydrogen) atoms. The summed E-state index contributed by atoms with van der Waals surface area (Å²) in [6.07, 6.45) is 5.59. The van der Waals surface area contributed by atoms with E-state index in [0.29, 0.717) is 0 Å². The maximum Gasteiger partial charge on any atom is 0.0434 e. The van der Waals surface area contributed by atoms with Gasteiger partial charge in [-0.2, -0.15) is 0 Å². The summed E-state index contributed by atoms with van der Waals surface area (Å²) >= 11 is 3.63. The van der Waals surface area contributed by atoms with Crippen molar-refractivity contribution in [1.29, 1.82) is 0 Å². The SMILES string of the molecule is OCCCc1cc(Br)c2c(c1)CCC2. The second-order valence-electron chi connectivity index (χ2n) is 3.90. The number of hydrogen-bond donors (Lipinski definition) is 1. The van der Waals surface area contributed by atoms with Crippen LogP contribution in [0.2, 0.25) is 0 Å². The summed E-state index contributed by atoms with van der Waals surface area (Å²) in [4.78, 5) is 0. The van der Waals surface area contributed by atoms with Crippen LogP contribution in [0, 0.1) is 0 Å². The number of halogens is 1. The molecule has 76 valence electrons. The van der Waals surface area contributed by atoms with Gasteiger partial charge in [-0.1, -0.05) is 22.0 Å². The molecule has 0 heterocycles. The molecular formula is C12H15BrO. The van der Waals surface area contributed by atoms with Crippen LogP contribution in [0.15, 0.2) is 16.6 Å². The van der Waals surface area contributed by atoms with Gasteiger partial charge in [0, 0.05) is 11.1 Å². The molecule has 1 N–H and O–H groups in total. The predicted octanol–water partition coefficient (Wildman–Crippen LogP) is 2.86. The Morgan fingerprint density at radius 2 is 2.14 bits per heavy atom. The fraction of sp³-hybridized carbons (Fsp3) is 0.500. The number of rotatable bonds is 3. The van der Waals surface area contributed by atoms with Crippen molar-refractivity contribution in [2.75, 3.05) is 6.61 Å². The summed E-state index contributed by atoms with van der Waals surface area (Å²) in [5.41, 5.74) is 4.36. The van der Waals surface area contributed by atoms with E-state index in [-0.39, 0.29) is 6.61 Å². The van der Waals surface area contributed by atoms with Gasteiger partial charge < -0.3 is 5.11 Å². The number of aliphatic hydroxyl groups is 1. The van der Waals surface area contributed by atoms with E-state index in [9.17, 15) is 0 Å². The van der Waals surface area contributed by atoms with Crippen LogP contribution in [0.3, 0.4) is 0 Å². The van der Waals surface area contributed by atoms with Gasteiger partial charge in [0.25, 0.3) is 0 Å². The number of hydrogen-bond acceptors (Lipinski definition) is 1. The van der Waals surface area contributed by atoms with E-state index in [1.165, 1.54) is 40.4 Å². The zero-order chi connectivity index (χ0) is 9.97. The molecule has 1 aliphatic carbocycles. The largest absolute Gasteiger partial charge is 0.396 e. The zero-order valence-corrected chi connectivity index (χ0v) is 9.81. The van der Waals surface area contributed by atoms with Crippen LogP contribution in [-0.2, 0) is 19.3 Å². The maximum atomic E-state index is 8.78. The van der Waals surface area contributed by atoms with Gasteiger partial charge in [-0.15, -0.1) is 0 Å². The van der Waals surface area contributed by atoms with E-state index < -0.39 is 0 Å². The monoisotopic (exact) mass is 254 g/mol. The van der Waals surface area contributed by atoms with Crippen molar-refractivity contribution in [2.45, 2.75) is 32.1 Å². The molecule has 0 amide bonds. The second-order valence-corrected chi connectivity index (χ2v) is 4.75. The molecule has 1 nitrogen and oxygen atoms in total. The first-order chi connectivity index (χ1) is 6.81. The van der Waals surface area contributed by atoms with Gasteiger partial charge in [0.05, 0.1) is 0 Å². The average molecular weight is 255 g/mol. The summed E-state index contributed by atoms with van der Waals surface area (Å²) in [5, 5.41) is 8.78. The van der Waals surface area contributed by atoms with Crippen molar-refractivity contribution >= 4 is 15.9 Å². The van der Waals surface area contributed by atoms with Crippen LogP contribution in [0.4, 0.5) is 0 Å². The van der Waals surface area contributed by atoms with Crippen LogP contribution >= 0.6 is 15.9 Å². The molecule has 1 aliphatic rings. The van der Waals surface area contributed by atoms with Gasteiger partial charge in [-0.05, 0) is 54.9 Å². The molecule has 0 radical (unpaired) electrons. The van der Waals surface area contributed by atoms with Gasteiger partial charge in [0.2, 0.25) is 0 Å². The minimum atomic E-state index is 0.286. The van der Waals surface area contributed by atoms with Crippen molar-refractivity contribution < 1.29 is 5.11 Å². The first-order valence-corrected chi connectivity index (χ1v) is 6.01. The number of aliphatic hydroxyl groups excluding tert-OH is 1. The Labute approximate surface area is 93.3 Å². The molecule has 0 saturated heterocycles.